The van der Waals surface area contributed by atoms with Crippen molar-refractivity contribution in [2.75, 3.05) is 0 Å². The lowest BCUT2D eigenvalue weighted by atomic mass is 9.98. The zero-order valence-corrected chi connectivity index (χ0v) is 18.0. The molecule has 0 aliphatic carbocycles. The maximum absolute atomic E-state index is 13.3. The molecule has 4 aromatic rings. The summed E-state index contributed by atoms with van der Waals surface area (Å²) < 4.78 is 82.1. The predicted octanol–water partition coefficient (Wildman–Crippen LogP) is 5.28. The highest BCUT2D eigenvalue weighted by atomic mass is 19.4. The average Bonchev–Trinajstić information content (AvgIpc) is 3.35. The highest BCUT2D eigenvalue weighted by Crippen LogP contribution is 2.32. The minimum atomic E-state index is -4.80. The van der Waals surface area contributed by atoms with E-state index in [0.29, 0.717) is 5.69 Å². The molecule has 0 saturated heterocycles. The Morgan fingerprint density at radius 1 is 0.944 bits per heavy atom. The van der Waals surface area contributed by atoms with Gasteiger partial charge >= 0.3 is 18.2 Å². The van der Waals surface area contributed by atoms with Gasteiger partial charge in [0.2, 0.25) is 5.82 Å². The first-order valence-corrected chi connectivity index (χ1v) is 10.3. The van der Waals surface area contributed by atoms with Crippen LogP contribution in [0.2, 0.25) is 0 Å². The van der Waals surface area contributed by atoms with Gasteiger partial charge in [-0.1, -0.05) is 23.4 Å². The van der Waals surface area contributed by atoms with Crippen LogP contribution in [0.25, 0.3) is 11.4 Å². The SMILES string of the molecule is O=C(NC(Cc1ccc(-c2noc(C(F)(F)F)n2)cn1)c1cccc(C(F)(F)F)c1)c1ccccn1. The second-order valence-corrected chi connectivity index (χ2v) is 7.53. The molecule has 0 spiro atoms. The van der Waals surface area contributed by atoms with Crippen molar-refractivity contribution in [3.05, 3.63) is 95.4 Å². The highest BCUT2D eigenvalue weighted by molar-refractivity contribution is 5.92. The third kappa shape index (κ3) is 5.85. The van der Waals surface area contributed by atoms with Crippen LogP contribution in [0.1, 0.15) is 39.2 Å². The molecule has 186 valence electrons. The van der Waals surface area contributed by atoms with E-state index in [-0.39, 0.29) is 29.1 Å². The summed E-state index contributed by atoms with van der Waals surface area (Å²) in [5, 5.41) is 5.95. The second-order valence-electron chi connectivity index (χ2n) is 7.53. The molecule has 7 nitrogen and oxygen atoms in total. The Morgan fingerprint density at radius 2 is 1.75 bits per heavy atom. The number of hydrogen-bond acceptors (Lipinski definition) is 6. The molecule has 1 atom stereocenters. The molecule has 1 aromatic carbocycles. The third-order valence-electron chi connectivity index (χ3n) is 4.98. The van der Waals surface area contributed by atoms with Gasteiger partial charge < -0.3 is 9.84 Å². The number of nitrogens with zero attached hydrogens (tertiary/aromatic N) is 4. The number of alkyl halides is 6. The topological polar surface area (TPSA) is 93.8 Å². The van der Waals surface area contributed by atoms with E-state index in [9.17, 15) is 31.1 Å². The molecule has 1 unspecified atom stereocenters. The number of carbonyl (C=O) groups excluding carboxylic acids is 1. The number of carbonyl (C=O) groups is 1. The fourth-order valence-electron chi connectivity index (χ4n) is 3.26. The van der Waals surface area contributed by atoms with Gasteiger partial charge in [-0.25, -0.2) is 0 Å². The summed E-state index contributed by atoms with van der Waals surface area (Å²) in [5.41, 5.74) is -0.186. The lowest BCUT2D eigenvalue weighted by Crippen LogP contribution is -2.31. The first kappa shape index (κ1) is 24.8. The summed E-state index contributed by atoms with van der Waals surface area (Å²) >= 11 is 0. The monoisotopic (exact) mass is 507 g/mol. The first-order valence-electron chi connectivity index (χ1n) is 10.3. The van der Waals surface area contributed by atoms with Crippen LogP contribution >= 0.6 is 0 Å². The number of nitrogens with one attached hydrogen (secondary N) is 1. The lowest BCUT2D eigenvalue weighted by Gasteiger charge is -2.20. The summed E-state index contributed by atoms with van der Waals surface area (Å²) in [6.45, 7) is 0. The molecule has 0 bridgehead atoms. The molecule has 13 heteroatoms. The maximum Gasteiger partial charge on any atom is 0.471 e. The van der Waals surface area contributed by atoms with Crippen LogP contribution in [0.4, 0.5) is 26.3 Å². The molecule has 0 fully saturated rings. The minimum Gasteiger partial charge on any atom is -0.344 e. The molecule has 1 amide bonds. The van der Waals surface area contributed by atoms with E-state index >= 15 is 0 Å². The minimum absolute atomic E-state index is 0.0276. The van der Waals surface area contributed by atoms with Crippen molar-refractivity contribution in [2.45, 2.75) is 24.8 Å². The van der Waals surface area contributed by atoms with Gasteiger partial charge in [0.05, 0.1) is 11.6 Å². The second kappa shape index (κ2) is 9.76. The highest BCUT2D eigenvalue weighted by Gasteiger charge is 2.38. The molecule has 3 aromatic heterocycles. The van der Waals surface area contributed by atoms with Gasteiger partial charge in [0.1, 0.15) is 5.69 Å². The van der Waals surface area contributed by atoms with Crippen molar-refractivity contribution in [3.8, 4) is 11.4 Å². The molecule has 1 N–H and O–H groups in total. The molecule has 4 rings (SSSR count). The largest absolute Gasteiger partial charge is 0.471 e. The Bertz CT molecular complexity index is 1340. The molecule has 0 radical (unpaired) electrons. The molecular weight excluding hydrogens is 492 g/mol. The summed E-state index contributed by atoms with van der Waals surface area (Å²) in [6, 6.07) is 11.0. The first-order chi connectivity index (χ1) is 17.0. The van der Waals surface area contributed by atoms with Gasteiger partial charge in [0, 0.05) is 30.1 Å². The number of benzene rings is 1. The molecule has 36 heavy (non-hydrogen) atoms. The molecule has 0 aliphatic heterocycles. The van der Waals surface area contributed by atoms with Crippen molar-refractivity contribution in [3.63, 3.8) is 0 Å². The number of aromatic nitrogens is 4. The Balaban J connectivity index is 1.60. The smallest absolute Gasteiger partial charge is 0.344 e. The fourth-order valence-corrected chi connectivity index (χ4v) is 3.26. The number of pyridine rings is 2. The van der Waals surface area contributed by atoms with Crippen LogP contribution in [0.15, 0.2) is 71.5 Å². The average molecular weight is 507 g/mol. The fraction of sp³-hybridized carbons (Fsp3) is 0.174. The molecule has 3 heterocycles. The molecule has 0 aliphatic rings. The van der Waals surface area contributed by atoms with Gasteiger partial charge in [-0.3, -0.25) is 14.8 Å². The normalized spacial score (nSPS) is 12.8. The van der Waals surface area contributed by atoms with Crippen LogP contribution in [0.3, 0.4) is 0 Å². The van der Waals surface area contributed by atoms with E-state index in [1.54, 1.807) is 12.1 Å². The quantitative estimate of drug-likeness (QED) is 0.357. The maximum atomic E-state index is 13.3. The van der Waals surface area contributed by atoms with Crippen LogP contribution in [-0.4, -0.2) is 26.0 Å². The Hall–Kier alpha value is -4.29. The Kier molecular flexibility index (Phi) is 6.73. The summed E-state index contributed by atoms with van der Waals surface area (Å²) in [7, 11) is 0. The van der Waals surface area contributed by atoms with Crippen molar-refractivity contribution < 1.29 is 35.7 Å². The van der Waals surface area contributed by atoms with Gasteiger partial charge in [-0.15, -0.1) is 0 Å². The van der Waals surface area contributed by atoms with Crippen LogP contribution in [0, 0.1) is 0 Å². The van der Waals surface area contributed by atoms with Crippen LogP contribution in [0.5, 0.6) is 0 Å². The standard InChI is InChI=1S/C23H15F6N5O2/c24-22(25,26)15-5-3-4-13(10-15)18(32-20(35)17-6-1-2-9-30-17)11-16-8-7-14(12-31-16)19-33-21(36-34-19)23(27,28)29/h1-10,12,18H,11H2,(H,32,35). The van der Waals surface area contributed by atoms with E-state index in [1.807, 2.05) is 0 Å². The zero-order chi connectivity index (χ0) is 25.9. The number of amides is 1. The van der Waals surface area contributed by atoms with E-state index in [2.05, 4.69) is 29.9 Å². The van der Waals surface area contributed by atoms with E-state index in [1.165, 1.54) is 42.7 Å². The number of halogens is 6. The van der Waals surface area contributed by atoms with Crippen molar-refractivity contribution in [2.24, 2.45) is 0 Å². The van der Waals surface area contributed by atoms with Crippen molar-refractivity contribution >= 4 is 5.91 Å². The van der Waals surface area contributed by atoms with E-state index < -0.39 is 35.8 Å². The van der Waals surface area contributed by atoms with Gasteiger partial charge in [-0.05, 0) is 42.0 Å². The zero-order valence-electron chi connectivity index (χ0n) is 18.0. The molecular formula is C23H15F6N5O2. The number of rotatable bonds is 6. The van der Waals surface area contributed by atoms with Crippen molar-refractivity contribution in [1.82, 2.24) is 25.4 Å². The predicted molar refractivity (Wildman–Crippen MR) is 112 cm³/mol. The summed E-state index contributed by atoms with van der Waals surface area (Å²) in [4.78, 5) is 24.1. The van der Waals surface area contributed by atoms with Gasteiger partial charge in [-0.2, -0.15) is 31.3 Å². The third-order valence-corrected chi connectivity index (χ3v) is 4.98. The van der Waals surface area contributed by atoms with E-state index in [0.717, 1.165) is 12.1 Å². The summed E-state index contributed by atoms with van der Waals surface area (Å²) in [5.74, 6) is -2.45. The van der Waals surface area contributed by atoms with Gasteiger partial charge in [0.15, 0.2) is 0 Å². The van der Waals surface area contributed by atoms with Crippen molar-refractivity contribution in [1.29, 1.82) is 0 Å². The lowest BCUT2D eigenvalue weighted by molar-refractivity contribution is -0.159. The van der Waals surface area contributed by atoms with E-state index in [4.69, 9.17) is 0 Å². The molecule has 0 saturated carbocycles. The van der Waals surface area contributed by atoms with Crippen LogP contribution < -0.4 is 5.32 Å². The van der Waals surface area contributed by atoms with Gasteiger partial charge in [0.25, 0.3) is 5.91 Å². The Morgan fingerprint density at radius 3 is 2.36 bits per heavy atom. The number of hydrogen-bond donors (Lipinski definition) is 1. The summed E-state index contributed by atoms with van der Waals surface area (Å²) in [6.07, 6.45) is -6.82. The Labute approximate surface area is 199 Å². The van der Waals surface area contributed by atoms with Crippen LogP contribution in [-0.2, 0) is 18.8 Å².